The van der Waals surface area contributed by atoms with E-state index in [1.165, 1.54) is 6.07 Å². The van der Waals surface area contributed by atoms with Crippen molar-refractivity contribution >= 4 is 17.4 Å². The fourth-order valence-corrected chi connectivity index (χ4v) is 2.94. The fraction of sp³-hybridized carbons (Fsp3) is 0.600. The van der Waals surface area contributed by atoms with Crippen LogP contribution in [-0.2, 0) is 11.0 Å². The molecule has 1 N–H and O–H groups in total. The summed E-state index contributed by atoms with van der Waals surface area (Å²) in [5, 5.41) is 13.5. The number of carbonyl (C=O) groups is 1. The molecule has 0 atom stereocenters. The van der Waals surface area contributed by atoms with Crippen molar-refractivity contribution in [3.63, 3.8) is 0 Å². The van der Waals surface area contributed by atoms with Gasteiger partial charge in [0.05, 0.1) is 6.54 Å². The molecule has 1 aliphatic heterocycles. The van der Waals surface area contributed by atoms with Gasteiger partial charge in [-0.15, -0.1) is 15.3 Å². The molecule has 1 amide bonds. The molecule has 0 radical (unpaired) electrons. The van der Waals surface area contributed by atoms with Gasteiger partial charge in [0.25, 0.3) is 5.82 Å². The summed E-state index contributed by atoms with van der Waals surface area (Å²) in [6.07, 6.45) is -3.83. The number of likely N-dealkylation sites (N-methyl/N-ethyl adjacent to an activating group) is 1. The highest BCUT2D eigenvalue weighted by Gasteiger charge is 2.37. The Labute approximate surface area is 148 Å². The Kier molecular flexibility index (Phi) is 5.25. The highest BCUT2D eigenvalue weighted by Crippen LogP contribution is 2.28. The van der Waals surface area contributed by atoms with E-state index in [1.54, 1.807) is 6.07 Å². The van der Waals surface area contributed by atoms with Crippen molar-refractivity contribution in [2.24, 2.45) is 0 Å². The predicted molar refractivity (Wildman–Crippen MR) is 87.7 cm³/mol. The van der Waals surface area contributed by atoms with Gasteiger partial charge in [-0.25, -0.2) is 0 Å². The van der Waals surface area contributed by atoms with E-state index >= 15 is 0 Å². The number of aromatic nitrogens is 4. The molecular weight excluding hydrogens is 351 g/mol. The van der Waals surface area contributed by atoms with Gasteiger partial charge < -0.3 is 10.2 Å². The van der Waals surface area contributed by atoms with Crippen molar-refractivity contribution in [2.45, 2.75) is 19.5 Å². The molecule has 0 bridgehead atoms. The van der Waals surface area contributed by atoms with Crippen molar-refractivity contribution in [3.05, 3.63) is 18.0 Å². The van der Waals surface area contributed by atoms with Crippen LogP contribution in [0.15, 0.2) is 12.1 Å². The lowest BCUT2D eigenvalue weighted by molar-refractivity contribution is -0.146. The maximum Gasteiger partial charge on any atom is 0.453 e. The summed E-state index contributed by atoms with van der Waals surface area (Å²) in [6.45, 7) is 5.36. The van der Waals surface area contributed by atoms with E-state index < -0.39 is 12.0 Å². The Balaban J connectivity index is 1.74. The molecule has 2 aromatic heterocycles. The average Bonchev–Trinajstić information content (AvgIpc) is 2.88. The van der Waals surface area contributed by atoms with E-state index in [1.807, 2.05) is 16.7 Å². The molecule has 0 saturated carbocycles. The highest BCUT2D eigenvalue weighted by molar-refractivity contribution is 5.77. The summed E-state index contributed by atoms with van der Waals surface area (Å²) in [5.41, 5.74) is 0.0498. The lowest BCUT2D eigenvalue weighted by Crippen LogP contribution is -2.39. The predicted octanol–water partition coefficient (Wildman–Crippen LogP) is 0.791. The van der Waals surface area contributed by atoms with Gasteiger partial charge in [-0.2, -0.15) is 17.7 Å². The van der Waals surface area contributed by atoms with Crippen LogP contribution in [0.3, 0.4) is 0 Å². The molecule has 3 rings (SSSR count). The number of rotatable bonds is 4. The Bertz CT molecular complexity index is 776. The first-order valence-electron chi connectivity index (χ1n) is 8.42. The van der Waals surface area contributed by atoms with Crippen molar-refractivity contribution in [2.75, 3.05) is 44.2 Å². The number of nitrogens with zero attached hydrogens (tertiary/aromatic N) is 6. The molecule has 11 heteroatoms. The van der Waals surface area contributed by atoms with E-state index in [-0.39, 0.29) is 11.6 Å². The second-order valence-electron chi connectivity index (χ2n) is 6.05. The molecule has 0 unspecified atom stereocenters. The van der Waals surface area contributed by atoms with Crippen LogP contribution in [0.2, 0.25) is 0 Å². The first kappa shape index (κ1) is 18.4. The van der Waals surface area contributed by atoms with Crippen LogP contribution >= 0.6 is 0 Å². The number of hydrogen-bond donors (Lipinski definition) is 1. The molecule has 0 spiro atoms. The second kappa shape index (κ2) is 7.44. The van der Waals surface area contributed by atoms with Gasteiger partial charge in [-0.3, -0.25) is 9.69 Å². The van der Waals surface area contributed by atoms with E-state index in [0.29, 0.717) is 38.5 Å². The van der Waals surface area contributed by atoms with Gasteiger partial charge in [-0.05, 0) is 25.5 Å². The lowest BCUT2D eigenvalue weighted by atomic mass is 10.3. The van der Waals surface area contributed by atoms with Crippen LogP contribution in [0, 0.1) is 0 Å². The second-order valence-corrected chi connectivity index (χ2v) is 6.05. The standard InChI is InChI=1S/C15H20F3N7O/c1-2-19-13(26)10-23-6-3-7-24(9-8-23)12-5-4-11-20-21-14(15(16,17)18)25(11)22-12/h4-5H,2-3,6-10H2,1H3,(H,19,26). The minimum atomic E-state index is -4.62. The Morgan fingerprint density at radius 2 is 2.00 bits per heavy atom. The average molecular weight is 371 g/mol. The maximum atomic E-state index is 13.0. The smallest absolute Gasteiger partial charge is 0.355 e. The number of nitrogens with one attached hydrogen (secondary N) is 1. The zero-order valence-electron chi connectivity index (χ0n) is 14.3. The minimum Gasteiger partial charge on any atom is -0.355 e. The number of anilines is 1. The molecule has 2 aromatic rings. The monoisotopic (exact) mass is 371 g/mol. The summed E-state index contributed by atoms with van der Waals surface area (Å²) in [5.74, 6) is -0.732. The quantitative estimate of drug-likeness (QED) is 0.856. The van der Waals surface area contributed by atoms with Crippen molar-refractivity contribution in [1.29, 1.82) is 0 Å². The van der Waals surface area contributed by atoms with Gasteiger partial charge in [0.15, 0.2) is 5.65 Å². The topological polar surface area (TPSA) is 78.7 Å². The number of halogens is 3. The summed E-state index contributed by atoms with van der Waals surface area (Å²) in [7, 11) is 0. The van der Waals surface area contributed by atoms with Crippen LogP contribution in [0.25, 0.3) is 5.65 Å². The van der Waals surface area contributed by atoms with Crippen LogP contribution in [0.1, 0.15) is 19.2 Å². The molecular formula is C15H20F3N7O. The summed E-state index contributed by atoms with van der Waals surface area (Å²) in [6, 6.07) is 3.12. The van der Waals surface area contributed by atoms with Gasteiger partial charge >= 0.3 is 6.18 Å². The molecule has 0 aromatic carbocycles. The van der Waals surface area contributed by atoms with Crippen LogP contribution in [-0.4, -0.2) is 69.9 Å². The van der Waals surface area contributed by atoms with Gasteiger partial charge in [0, 0.05) is 32.7 Å². The highest BCUT2D eigenvalue weighted by atomic mass is 19.4. The Hall–Kier alpha value is -2.43. The molecule has 1 saturated heterocycles. The van der Waals surface area contributed by atoms with Crippen molar-refractivity contribution in [1.82, 2.24) is 30.0 Å². The zero-order chi connectivity index (χ0) is 18.7. The van der Waals surface area contributed by atoms with Crippen LogP contribution in [0.5, 0.6) is 0 Å². The Morgan fingerprint density at radius 3 is 2.73 bits per heavy atom. The number of fused-ring (bicyclic) bond motifs is 1. The van der Waals surface area contributed by atoms with Crippen molar-refractivity contribution < 1.29 is 18.0 Å². The molecule has 8 nitrogen and oxygen atoms in total. The molecule has 26 heavy (non-hydrogen) atoms. The third kappa shape index (κ3) is 4.03. The summed E-state index contributed by atoms with van der Waals surface area (Å²) < 4.78 is 39.7. The molecule has 3 heterocycles. The largest absolute Gasteiger partial charge is 0.453 e. The fourth-order valence-electron chi connectivity index (χ4n) is 2.94. The zero-order valence-corrected chi connectivity index (χ0v) is 14.3. The third-order valence-electron chi connectivity index (χ3n) is 4.16. The normalized spacial score (nSPS) is 16.7. The van der Waals surface area contributed by atoms with E-state index in [0.717, 1.165) is 17.5 Å². The molecule has 1 aliphatic rings. The van der Waals surface area contributed by atoms with E-state index in [2.05, 4.69) is 20.6 Å². The summed E-state index contributed by atoms with van der Waals surface area (Å²) in [4.78, 5) is 15.7. The summed E-state index contributed by atoms with van der Waals surface area (Å²) >= 11 is 0. The number of amides is 1. The maximum absolute atomic E-state index is 13.0. The molecule has 142 valence electrons. The van der Waals surface area contributed by atoms with Crippen LogP contribution < -0.4 is 10.2 Å². The molecule has 0 aliphatic carbocycles. The van der Waals surface area contributed by atoms with Crippen LogP contribution in [0.4, 0.5) is 19.0 Å². The third-order valence-corrected chi connectivity index (χ3v) is 4.16. The van der Waals surface area contributed by atoms with E-state index in [9.17, 15) is 18.0 Å². The van der Waals surface area contributed by atoms with Gasteiger partial charge in [-0.1, -0.05) is 0 Å². The van der Waals surface area contributed by atoms with Gasteiger partial charge in [0.2, 0.25) is 5.91 Å². The first-order chi connectivity index (χ1) is 12.4. The first-order valence-corrected chi connectivity index (χ1v) is 8.42. The number of alkyl halides is 3. The minimum absolute atomic E-state index is 0.0280. The van der Waals surface area contributed by atoms with E-state index in [4.69, 9.17) is 0 Å². The van der Waals surface area contributed by atoms with Gasteiger partial charge in [0.1, 0.15) is 5.82 Å². The molecule has 1 fully saturated rings. The SMILES string of the molecule is CCNC(=O)CN1CCCN(c2ccc3nnc(C(F)(F)F)n3n2)CC1. The number of carbonyl (C=O) groups excluding carboxylic acids is 1. The van der Waals surface area contributed by atoms with Crippen molar-refractivity contribution in [3.8, 4) is 0 Å². The number of hydrogen-bond acceptors (Lipinski definition) is 6. The lowest BCUT2D eigenvalue weighted by Gasteiger charge is -2.22. The Morgan fingerprint density at radius 1 is 1.19 bits per heavy atom.